The van der Waals surface area contributed by atoms with Gasteiger partial charge in [-0.3, -0.25) is 4.79 Å². The molecule has 0 saturated heterocycles. The van der Waals surface area contributed by atoms with E-state index in [4.69, 9.17) is 14.2 Å². The third kappa shape index (κ3) is 5.22. The number of benzene rings is 3. The standard InChI is InChI=1S/C25H21NO5/c1-29-22-15-20(25(28)31-3)21(16-23(22)30-2)26-24(27)19-13-11-18(12-14-19)10-9-17-7-5-4-6-8-17/h4-8,11-16H,1-3H3,(H,26,27). The van der Waals surface area contributed by atoms with E-state index in [-0.39, 0.29) is 17.2 Å². The van der Waals surface area contributed by atoms with Crippen LogP contribution < -0.4 is 14.8 Å². The van der Waals surface area contributed by atoms with Gasteiger partial charge in [0.05, 0.1) is 32.6 Å². The number of nitrogens with one attached hydrogen (secondary N) is 1. The summed E-state index contributed by atoms with van der Waals surface area (Å²) in [4.78, 5) is 24.9. The van der Waals surface area contributed by atoms with Crippen molar-refractivity contribution in [3.8, 4) is 23.3 Å². The first kappa shape index (κ1) is 21.5. The van der Waals surface area contributed by atoms with E-state index in [1.807, 2.05) is 30.3 Å². The van der Waals surface area contributed by atoms with Crippen LogP contribution >= 0.6 is 0 Å². The van der Waals surface area contributed by atoms with Crippen molar-refractivity contribution in [3.63, 3.8) is 0 Å². The van der Waals surface area contributed by atoms with Crippen LogP contribution in [0.25, 0.3) is 0 Å². The lowest BCUT2D eigenvalue weighted by molar-refractivity contribution is 0.0601. The number of carbonyl (C=O) groups excluding carboxylic acids is 2. The van der Waals surface area contributed by atoms with E-state index in [9.17, 15) is 9.59 Å². The molecule has 0 saturated carbocycles. The van der Waals surface area contributed by atoms with Gasteiger partial charge in [-0.25, -0.2) is 4.79 Å². The Morgan fingerprint density at radius 3 is 1.94 bits per heavy atom. The predicted molar refractivity (Wildman–Crippen MR) is 118 cm³/mol. The molecule has 0 aliphatic heterocycles. The number of amides is 1. The highest BCUT2D eigenvalue weighted by atomic mass is 16.5. The van der Waals surface area contributed by atoms with Crippen molar-refractivity contribution in [3.05, 3.63) is 89.0 Å². The predicted octanol–water partition coefficient (Wildman–Crippen LogP) is 4.14. The lowest BCUT2D eigenvalue weighted by atomic mass is 10.1. The van der Waals surface area contributed by atoms with Crippen LogP contribution in [0, 0.1) is 11.8 Å². The first-order chi connectivity index (χ1) is 15.0. The van der Waals surface area contributed by atoms with Crippen molar-refractivity contribution in [2.45, 2.75) is 0 Å². The number of carbonyl (C=O) groups is 2. The van der Waals surface area contributed by atoms with Gasteiger partial charge in [0.15, 0.2) is 11.5 Å². The Hall–Kier alpha value is -4.24. The molecule has 0 aliphatic carbocycles. The minimum absolute atomic E-state index is 0.152. The minimum Gasteiger partial charge on any atom is -0.493 e. The Morgan fingerprint density at radius 1 is 0.774 bits per heavy atom. The average Bonchev–Trinajstić information content (AvgIpc) is 2.82. The summed E-state index contributed by atoms with van der Waals surface area (Å²) in [5.41, 5.74) is 2.51. The molecule has 6 heteroatoms. The van der Waals surface area contributed by atoms with Gasteiger partial charge in [0.1, 0.15) is 0 Å². The second kappa shape index (κ2) is 9.99. The molecule has 1 N–H and O–H groups in total. The number of ether oxygens (including phenoxy) is 3. The molecule has 0 aromatic heterocycles. The number of hydrogen-bond donors (Lipinski definition) is 1. The van der Waals surface area contributed by atoms with Crippen LogP contribution in [-0.2, 0) is 4.74 Å². The van der Waals surface area contributed by atoms with Crippen molar-refractivity contribution in [1.82, 2.24) is 0 Å². The second-order valence-corrected chi connectivity index (χ2v) is 6.39. The minimum atomic E-state index is -0.609. The largest absolute Gasteiger partial charge is 0.493 e. The van der Waals surface area contributed by atoms with E-state index < -0.39 is 5.97 Å². The molecule has 6 nitrogen and oxygen atoms in total. The Bertz CT molecular complexity index is 1140. The molecule has 3 aromatic carbocycles. The maximum Gasteiger partial charge on any atom is 0.340 e. The van der Waals surface area contributed by atoms with Crippen LogP contribution in [-0.4, -0.2) is 33.2 Å². The van der Waals surface area contributed by atoms with Crippen molar-refractivity contribution in [2.24, 2.45) is 0 Å². The zero-order valence-corrected chi connectivity index (χ0v) is 17.4. The van der Waals surface area contributed by atoms with Crippen LogP contribution in [0.15, 0.2) is 66.7 Å². The molecule has 0 aliphatic rings. The molecule has 31 heavy (non-hydrogen) atoms. The van der Waals surface area contributed by atoms with Gasteiger partial charge < -0.3 is 19.5 Å². The number of esters is 1. The maximum absolute atomic E-state index is 12.8. The molecule has 3 aromatic rings. The van der Waals surface area contributed by atoms with E-state index in [0.717, 1.165) is 11.1 Å². The summed E-state index contributed by atoms with van der Waals surface area (Å²) in [5, 5.41) is 2.73. The van der Waals surface area contributed by atoms with Crippen LogP contribution in [0.2, 0.25) is 0 Å². The number of methoxy groups -OCH3 is 3. The van der Waals surface area contributed by atoms with Crippen molar-refractivity contribution in [2.75, 3.05) is 26.6 Å². The SMILES string of the molecule is COC(=O)c1cc(OC)c(OC)cc1NC(=O)c1ccc(C#Cc2ccccc2)cc1. The summed E-state index contributed by atoms with van der Waals surface area (Å²) >= 11 is 0. The van der Waals surface area contributed by atoms with Gasteiger partial charge in [-0.2, -0.15) is 0 Å². The van der Waals surface area contributed by atoms with Crippen molar-refractivity contribution < 1.29 is 23.8 Å². The molecule has 0 heterocycles. The van der Waals surface area contributed by atoms with Crippen molar-refractivity contribution >= 4 is 17.6 Å². The van der Waals surface area contributed by atoms with Crippen LogP contribution in [0.5, 0.6) is 11.5 Å². The highest BCUT2D eigenvalue weighted by Crippen LogP contribution is 2.34. The Morgan fingerprint density at radius 2 is 1.35 bits per heavy atom. The smallest absolute Gasteiger partial charge is 0.340 e. The third-order valence-corrected chi connectivity index (χ3v) is 4.45. The monoisotopic (exact) mass is 415 g/mol. The highest BCUT2D eigenvalue weighted by Gasteiger charge is 2.19. The maximum atomic E-state index is 12.8. The van der Waals surface area contributed by atoms with Gasteiger partial charge in [-0.1, -0.05) is 30.0 Å². The van der Waals surface area contributed by atoms with Gasteiger partial charge in [0.25, 0.3) is 5.91 Å². The molecule has 0 bridgehead atoms. The van der Waals surface area contributed by atoms with Gasteiger partial charge >= 0.3 is 5.97 Å². The summed E-state index contributed by atoms with van der Waals surface area (Å²) in [6.45, 7) is 0. The van der Waals surface area contributed by atoms with Crippen molar-refractivity contribution in [1.29, 1.82) is 0 Å². The molecule has 1 amide bonds. The molecule has 0 spiro atoms. The Kier molecular flexibility index (Phi) is 6.92. The zero-order chi connectivity index (χ0) is 22.2. The first-order valence-corrected chi connectivity index (χ1v) is 9.38. The van der Waals surface area contributed by atoms with Gasteiger partial charge in [-0.05, 0) is 36.4 Å². The highest BCUT2D eigenvalue weighted by molar-refractivity contribution is 6.08. The second-order valence-electron chi connectivity index (χ2n) is 6.39. The van der Waals surface area contributed by atoms with E-state index in [1.165, 1.54) is 33.5 Å². The van der Waals surface area contributed by atoms with E-state index in [0.29, 0.717) is 17.1 Å². The summed E-state index contributed by atoms with van der Waals surface area (Å²) < 4.78 is 15.3. The molecule has 0 fully saturated rings. The number of hydrogen-bond acceptors (Lipinski definition) is 5. The fourth-order valence-electron chi connectivity index (χ4n) is 2.83. The zero-order valence-electron chi connectivity index (χ0n) is 17.4. The molecule has 0 unspecified atom stereocenters. The lowest BCUT2D eigenvalue weighted by Crippen LogP contribution is -2.16. The first-order valence-electron chi connectivity index (χ1n) is 9.38. The normalized spacial score (nSPS) is 9.77. The van der Waals surface area contributed by atoms with Crippen LogP contribution in [0.3, 0.4) is 0 Å². The van der Waals surface area contributed by atoms with Gasteiger partial charge in [0, 0.05) is 28.8 Å². The number of rotatable bonds is 5. The molecular weight excluding hydrogens is 394 g/mol. The lowest BCUT2D eigenvalue weighted by Gasteiger charge is -2.14. The molecule has 0 atom stereocenters. The van der Waals surface area contributed by atoms with E-state index in [2.05, 4.69) is 17.2 Å². The molecular formula is C25H21NO5. The summed E-state index contributed by atoms with van der Waals surface area (Å²) in [6, 6.07) is 19.5. The molecule has 0 radical (unpaired) electrons. The third-order valence-electron chi connectivity index (χ3n) is 4.45. The molecule has 3 rings (SSSR count). The van der Waals surface area contributed by atoms with E-state index >= 15 is 0 Å². The summed E-state index contributed by atoms with van der Waals surface area (Å²) in [7, 11) is 4.19. The Labute approximate surface area is 180 Å². The summed E-state index contributed by atoms with van der Waals surface area (Å²) in [6.07, 6.45) is 0. The van der Waals surface area contributed by atoms with Crippen LogP contribution in [0.4, 0.5) is 5.69 Å². The fourth-order valence-corrected chi connectivity index (χ4v) is 2.83. The quantitative estimate of drug-likeness (QED) is 0.501. The Balaban J connectivity index is 1.83. The number of anilines is 1. The fraction of sp³-hybridized carbons (Fsp3) is 0.120. The average molecular weight is 415 g/mol. The van der Waals surface area contributed by atoms with Crippen LogP contribution in [0.1, 0.15) is 31.8 Å². The topological polar surface area (TPSA) is 73.9 Å². The van der Waals surface area contributed by atoms with E-state index in [1.54, 1.807) is 24.3 Å². The molecule has 156 valence electrons. The summed E-state index contributed by atoms with van der Waals surface area (Å²) in [5.74, 6) is 5.86. The van der Waals surface area contributed by atoms with Gasteiger partial charge in [-0.15, -0.1) is 0 Å². The van der Waals surface area contributed by atoms with Gasteiger partial charge in [0.2, 0.25) is 0 Å².